The summed E-state index contributed by atoms with van der Waals surface area (Å²) in [6.45, 7) is 6.27. The van der Waals surface area contributed by atoms with Crippen LogP contribution in [-0.4, -0.2) is 16.3 Å². The van der Waals surface area contributed by atoms with Gasteiger partial charge < -0.3 is 10.9 Å². The minimum Gasteiger partial charge on any atom is -0.409 e. The molecule has 0 amide bonds. The van der Waals surface area contributed by atoms with Gasteiger partial charge in [-0.05, 0) is 37.1 Å². The molecule has 0 aliphatic rings. The third-order valence-corrected chi connectivity index (χ3v) is 3.54. The maximum absolute atomic E-state index is 8.48. The largest absolute Gasteiger partial charge is 0.409 e. The van der Waals surface area contributed by atoms with Crippen LogP contribution in [0.2, 0.25) is 0 Å². The number of benzene rings is 1. The van der Waals surface area contributed by atoms with Gasteiger partial charge in [0, 0.05) is 16.6 Å². The lowest BCUT2D eigenvalue weighted by Gasteiger charge is -2.11. The Labute approximate surface area is 101 Å². The Morgan fingerprint density at radius 2 is 2.12 bits per heavy atom. The molecular weight excluding hydrogens is 220 g/mol. The van der Waals surface area contributed by atoms with E-state index in [0.29, 0.717) is 11.7 Å². The zero-order valence-electron chi connectivity index (χ0n) is 9.90. The molecule has 1 aromatic carbocycles. The van der Waals surface area contributed by atoms with Gasteiger partial charge in [0.15, 0.2) is 0 Å². The van der Waals surface area contributed by atoms with Crippen LogP contribution in [0.3, 0.4) is 0 Å². The fourth-order valence-corrected chi connectivity index (χ4v) is 2.51. The lowest BCUT2D eigenvalue weighted by atomic mass is 10.1. The van der Waals surface area contributed by atoms with E-state index in [9.17, 15) is 0 Å². The lowest BCUT2D eigenvalue weighted by Crippen LogP contribution is -2.16. The number of nitrogens with two attached hydrogens (primary N) is 1. The van der Waals surface area contributed by atoms with Gasteiger partial charge in [0.2, 0.25) is 0 Å². The average molecular weight is 238 g/mol. The molecule has 3 N–H and O–H groups in total. The summed E-state index contributed by atoms with van der Waals surface area (Å²) in [6, 6.07) is 6.40. The van der Waals surface area contributed by atoms with E-state index in [0.717, 1.165) is 0 Å². The molecule has 0 bridgehead atoms. The van der Waals surface area contributed by atoms with Crippen LogP contribution in [-0.2, 0) is 0 Å². The van der Waals surface area contributed by atoms with Gasteiger partial charge in [-0.15, -0.1) is 11.8 Å². The third-order valence-electron chi connectivity index (χ3n) is 2.44. The number of rotatable bonds is 4. The highest BCUT2D eigenvalue weighted by atomic mass is 32.2. The van der Waals surface area contributed by atoms with Crippen molar-refractivity contribution < 1.29 is 5.21 Å². The van der Waals surface area contributed by atoms with Crippen molar-refractivity contribution in [2.45, 2.75) is 37.3 Å². The number of aryl methyl sites for hydroxylation is 2. The molecule has 16 heavy (non-hydrogen) atoms. The van der Waals surface area contributed by atoms with Gasteiger partial charge in [-0.1, -0.05) is 18.1 Å². The SMILES string of the molecule is Cc1ccc(SC(C)CC(N)=NO)cc1C. The highest BCUT2D eigenvalue weighted by molar-refractivity contribution is 8.00. The summed E-state index contributed by atoms with van der Waals surface area (Å²) < 4.78 is 0. The molecule has 0 fully saturated rings. The first-order valence-corrected chi connectivity index (χ1v) is 6.11. The van der Waals surface area contributed by atoms with E-state index in [1.54, 1.807) is 11.8 Å². The minimum absolute atomic E-state index is 0.281. The standard InChI is InChI=1S/C12H18N2OS/c1-8-4-5-11(6-9(8)2)16-10(3)7-12(13)14-15/h4-6,10,15H,7H2,1-3H3,(H2,13,14). The van der Waals surface area contributed by atoms with E-state index in [1.807, 2.05) is 0 Å². The summed E-state index contributed by atoms with van der Waals surface area (Å²) in [4.78, 5) is 1.22. The van der Waals surface area contributed by atoms with Gasteiger partial charge in [0.25, 0.3) is 0 Å². The molecule has 0 radical (unpaired) electrons. The zero-order chi connectivity index (χ0) is 12.1. The highest BCUT2D eigenvalue weighted by Crippen LogP contribution is 2.26. The van der Waals surface area contributed by atoms with Crippen molar-refractivity contribution in [3.63, 3.8) is 0 Å². The van der Waals surface area contributed by atoms with Crippen LogP contribution in [0.15, 0.2) is 28.3 Å². The van der Waals surface area contributed by atoms with Crippen LogP contribution in [0.1, 0.15) is 24.5 Å². The van der Waals surface area contributed by atoms with Crippen LogP contribution in [0.4, 0.5) is 0 Å². The minimum atomic E-state index is 0.281. The normalized spacial score (nSPS) is 13.8. The molecule has 0 heterocycles. The fraction of sp³-hybridized carbons (Fsp3) is 0.417. The molecule has 1 aromatic rings. The first kappa shape index (κ1) is 12.9. The van der Waals surface area contributed by atoms with E-state index in [-0.39, 0.29) is 5.84 Å². The number of hydrogen-bond donors (Lipinski definition) is 2. The number of amidine groups is 1. The van der Waals surface area contributed by atoms with Gasteiger partial charge in [0.05, 0.1) is 0 Å². The predicted octanol–water partition coefficient (Wildman–Crippen LogP) is 2.92. The van der Waals surface area contributed by atoms with Crippen molar-refractivity contribution in [2.75, 3.05) is 0 Å². The van der Waals surface area contributed by atoms with E-state index in [2.05, 4.69) is 44.1 Å². The van der Waals surface area contributed by atoms with Gasteiger partial charge in [-0.25, -0.2) is 0 Å². The number of oxime groups is 1. The summed E-state index contributed by atoms with van der Waals surface area (Å²) in [5.74, 6) is 0.281. The van der Waals surface area contributed by atoms with Crippen molar-refractivity contribution >= 4 is 17.6 Å². The average Bonchev–Trinajstić information content (AvgIpc) is 2.23. The molecule has 88 valence electrons. The smallest absolute Gasteiger partial charge is 0.140 e. The number of nitrogens with zero attached hydrogens (tertiary/aromatic N) is 1. The second-order valence-corrected chi connectivity index (χ2v) is 5.48. The summed E-state index contributed by atoms with van der Waals surface area (Å²) >= 11 is 1.74. The Kier molecular flexibility index (Phi) is 4.68. The van der Waals surface area contributed by atoms with Gasteiger partial charge >= 0.3 is 0 Å². The van der Waals surface area contributed by atoms with Crippen LogP contribution in [0.5, 0.6) is 0 Å². The Balaban J connectivity index is 2.63. The third kappa shape index (κ3) is 3.77. The van der Waals surface area contributed by atoms with Crippen molar-refractivity contribution in [3.8, 4) is 0 Å². The maximum atomic E-state index is 8.48. The van der Waals surface area contributed by atoms with Crippen molar-refractivity contribution in [1.29, 1.82) is 0 Å². The summed E-state index contributed by atoms with van der Waals surface area (Å²) in [7, 11) is 0. The van der Waals surface area contributed by atoms with E-state index >= 15 is 0 Å². The molecule has 1 rings (SSSR count). The molecule has 0 aliphatic heterocycles. The molecule has 4 heteroatoms. The van der Waals surface area contributed by atoms with Crippen LogP contribution < -0.4 is 5.73 Å². The van der Waals surface area contributed by atoms with Crippen molar-refractivity contribution in [1.82, 2.24) is 0 Å². The van der Waals surface area contributed by atoms with Crippen LogP contribution in [0, 0.1) is 13.8 Å². The van der Waals surface area contributed by atoms with Gasteiger partial charge in [0.1, 0.15) is 5.84 Å². The number of hydrogen-bond acceptors (Lipinski definition) is 3. The maximum Gasteiger partial charge on any atom is 0.140 e. The molecule has 0 aliphatic carbocycles. The summed E-state index contributed by atoms with van der Waals surface area (Å²) in [5, 5.41) is 11.8. The molecule has 3 nitrogen and oxygen atoms in total. The van der Waals surface area contributed by atoms with Crippen LogP contribution in [0.25, 0.3) is 0 Å². The Morgan fingerprint density at radius 3 is 2.69 bits per heavy atom. The molecular formula is C12H18N2OS. The monoisotopic (exact) mass is 238 g/mol. The van der Waals surface area contributed by atoms with E-state index in [1.165, 1.54) is 16.0 Å². The topological polar surface area (TPSA) is 58.6 Å². The highest BCUT2D eigenvalue weighted by Gasteiger charge is 2.07. The second kappa shape index (κ2) is 5.80. The first-order valence-electron chi connectivity index (χ1n) is 5.23. The van der Waals surface area contributed by atoms with Gasteiger partial charge in [-0.3, -0.25) is 0 Å². The van der Waals surface area contributed by atoms with Gasteiger partial charge in [-0.2, -0.15) is 0 Å². The Bertz CT molecular complexity index is 391. The molecule has 0 saturated carbocycles. The molecule has 0 spiro atoms. The zero-order valence-corrected chi connectivity index (χ0v) is 10.7. The van der Waals surface area contributed by atoms with E-state index in [4.69, 9.17) is 10.9 Å². The first-order chi connectivity index (χ1) is 7.52. The Morgan fingerprint density at radius 1 is 1.44 bits per heavy atom. The lowest BCUT2D eigenvalue weighted by molar-refractivity contribution is 0.317. The quantitative estimate of drug-likeness (QED) is 0.279. The summed E-state index contributed by atoms with van der Waals surface area (Å²) in [5.41, 5.74) is 8.06. The molecule has 1 unspecified atom stereocenters. The van der Waals surface area contributed by atoms with Crippen LogP contribution >= 0.6 is 11.8 Å². The summed E-state index contributed by atoms with van der Waals surface area (Å²) in [6.07, 6.45) is 0.591. The predicted molar refractivity (Wildman–Crippen MR) is 69.3 cm³/mol. The van der Waals surface area contributed by atoms with E-state index < -0.39 is 0 Å². The number of thioether (sulfide) groups is 1. The second-order valence-electron chi connectivity index (χ2n) is 3.97. The fourth-order valence-electron chi connectivity index (χ4n) is 1.40. The molecule has 0 saturated heterocycles. The molecule has 0 aromatic heterocycles. The van der Waals surface area contributed by atoms with Crippen molar-refractivity contribution in [3.05, 3.63) is 29.3 Å². The van der Waals surface area contributed by atoms with Crippen molar-refractivity contribution in [2.24, 2.45) is 10.9 Å². The Hall–Kier alpha value is -1.16. The molecule has 1 atom stereocenters.